The topological polar surface area (TPSA) is 69.3 Å². The van der Waals surface area contributed by atoms with Crippen LogP contribution in [-0.4, -0.2) is 22.2 Å². The molecule has 0 radical (unpaired) electrons. The van der Waals surface area contributed by atoms with Gasteiger partial charge in [0.2, 0.25) is 0 Å². The molecule has 1 amide bonds. The Morgan fingerprint density at radius 1 is 1.23 bits per heavy atom. The normalized spacial score (nSPS) is 10.7. The molecule has 3 aromatic rings. The summed E-state index contributed by atoms with van der Waals surface area (Å²) in [5, 5.41) is 8.07. The molecule has 2 aromatic heterocycles. The zero-order chi connectivity index (χ0) is 18.4. The fraction of sp³-hybridized carbons (Fsp3) is 0.222. The maximum absolute atomic E-state index is 12.1. The summed E-state index contributed by atoms with van der Waals surface area (Å²) < 4.78 is 12.8. The standard InChI is InChI=1S/C18H17Cl2N3O3/c19-13-3-1-4-15(9-13)25-12-16-5-6-17(26-16)18(24)21-7-2-8-23-11-14(20)10-22-23/h1,3-6,9-11H,2,7-8,12H2,(H,21,24). The van der Waals surface area contributed by atoms with E-state index in [0.717, 1.165) is 6.42 Å². The van der Waals surface area contributed by atoms with Crippen LogP contribution in [-0.2, 0) is 13.2 Å². The first-order valence-electron chi connectivity index (χ1n) is 8.03. The third-order valence-corrected chi connectivity index (χ3v) is 3.94. The van der Waals surface area contributed by atoms with Crippen LogP contribution < -0.4 is 10.1 Å². The highest BCUT2D eigenvalue weighted by atomic mass is 35.5. The van der Waals surface area contributed by atoms with E-state index in [4.69, 9.17) is 32.4 Å². The van der Waals surface area contributed by atoms with E-state index in [1.54, 1.807) is 53.5 Å². The van der Waals surface area contributed by atoms with Crippen LogP contribution in [0.5, 0.6) is 5.75 Å². The molecule has 0 spiro atoms. The van der Waals surface area contributed by atoms with Crippen molar-refractivity contribution in [2.24, 2.45) is 0 Å². The van der Waals surface area contributed by atoms with Crippen molar-refractivity contribution in [2.75, 3.05) is 6.54 Å². The fourth-order valence-corrected chi connectivity index (χ4v) is 2.62. The number of nitrogens with zero attached hydrogens (tertiary/aromatic N) is 2. The minimum atomic E-state index is -0.266. The van der Waals surface area contributed by atoms with Crippen LogP contribution in [0.4, 0.5) is 0 Å². The van der Waals surface area contributed by atoms with Crippen LogP contribution in [0.15, 0.2) is 53.2 Å². The molecule has 0 aliphatic carbocycles. The summed E-state index contributed by atoms with van der Waals surface area (Å²) in [5.74, 6) is 1.18. The number of hydrogen-bond acceptors (Lipinski definition) is 4. The molecule has 0 saturated heterocycles. The van der Waals surface area contributed by atoms with Gasteiger partial charge in [0.25, 0.3) is 5.91 Å². The van der Waals surface area contributed by atoms with Gasteiger partial charge in [-0.25, -0.2) is 0 Å². The van der Waals surface area contributed by atoms with Crippen molar-refractivity contribution >= 4 is 29.1 Å². The van der Waals surface area contributed by atoms with E-state index >= 15 is 0 Å². The molecule has 8 heteroatoms. The Labute approximate surface area is 160 Å². The molecule has 1 aromatic carbocycles. The monoisotopic (exact) mass is 393 g/mol. The van der Waals surface area contributed by atoms with Gasteiger partial charge in [0.1, 0.15) is 18.1 Å². The quantitative estimate of drug-likeness (QED) is 0.582. The molecule has 1 N–H and O–H groups in total. The number of rotatable bonds is 8. The Hall–Kier alpha value is -2.44. The summed E-state index contributed by atoms with van der Waals surface area (Å²) in [5.41, 5.74) is 0. The van der Waals surface area contributed by atoms with Crippen molar-refractivity contribution in [3.8, 4) is 5.75 Å². The number of furan rings is 1. The molecular weight excluding hydrogens is 377 g/mol. The molecule has 0 saturated carbocycles. The maximum Gasteiger partial charge on any atom is 0.286 e. The largest absolute Gasteiger partial charge is 0.486 e. The molecule has 0 aliphatic heterocycles. The van der Waals surface area contributed by atoms with Crippen LogP contribution in [0.25, 0.3) is 0 Å². The van der Waals surface area contributed by atoms with Gasteiger partial charge in [-0.05, 0) is 36.8 Å². The fourth-order valence-electron chi connectivity index (χ4n) is 2.28. The Balaban J connectivity index is 1.42. The van der Waals surface area contributed by atoms with E-state index in [-0.39, 0.29) is 18.3 Å². The van der Waals surface area contributed by atoms with Gasteiger partial charge in [-0.2, -0.15) is 5.10 Å². The molecule has 0 aliphatic rings. The van der Waals surface area contributed by atoms with Gasteiger partial charge in [0.15, 0.2) is 5.76 Å². The van der Waals surface area contributed by atoms with E-state index in [9.17, 15) is 4.79 Å². The number of benzene rings is 1. The van der Waals surface area contributed by atoms with Gasteiger partial charge >= 0.3 is 0 Å². The van der Waals surface area contributed by atoms with Gasteiger partial charge < -0.3 is 14.5 Å². The lowest BCUT2D eigenvalue weighted by atomic mass is 10.3. The number of ether oxygens (including phenoxy) is 1. The molecule has 0 fully saturated rings. The van der Waals surface area contributed by atoms with Crippen molar-refractivity contribution in [3.05, 3.63) is 70.4 Å². The Morgan fingerprint density at radius 3 is 2.88 bits per heavy atom. The summed E-state index contributed by atoms with van der Waals surface area (Å²) in [6.07, 6.45) is 4.05. The second-order valence-electron chi connectivity index (χ2n) is 5.54. The number of hydrogen-bond donors (Lipinski definition) is 1. The first-order valence-corrected chi connectivity index (χ1v) is 8.79. The zero-order valence-electron chi connectivity index (χ0n) is 13.8. The SMILES string of the molecule is O=C(NCCCn1cc(Cl)cn1)c1ccc(COc2cccc(Cl)c2)o1. The number of amides is 1. The van der Waals surface area contributed by atoms with Gasteiger partial charge in [-0.3, -0.25) is 9.48 Å². The molecule has 0 bridgehead atoms. The summed E-state index contributed by atoms with van der Waals surface area (Å²) in [6, 6.07) is 10.4. The van der Waals surface area contributed by atoms with Crippen molar-refractivity contribution in [1.82, 2.24) is 15.1 Å². The van der Waals surface area contributed by atoms with E-state index in [2.05, 4.69) is 10.4 Å². The second kappa shape index (κ2) is 8.78. The molecule has 26 heavy (non-hydrogen) atoms. The first-order chi connectivity index (χ1) is 12.6. The number of carbonyl (C=O) groups is 1. The summed E-state index contributed by atoms with van der Waals surface area (Å²) in [7, 11) is 0. The molecule has 0 unspecified atom stereocenters. The van der Waals surface area contributed by atoms with E-state index in [1.165, 1.54) is 0 Å². The van der Waals surface area contributed by atoms with Crippen LogP contribution in [0, 0.1) is 0 Å². The highest BCUT2D eigenvalue weighted by Crippen LogP contribution is 2.19. The van der Waals surface area contributed by atoms with Crippen LogP contribution >= 0.6 is 23.2 Å². The first kappa shape index (κ1) is 18.4. The molecule has 3 rings (SSSR count). The number of nitrogens with one attached hydrogen (secondary N) is 1. The summed E-state index contributed by atoms with van der Waals surface area (Å²) in [6.45, 7) is 1.39. The van der Waals surface area contributed by atoms with Crippen LogP contribution in [0.1, 0.15) is 22.7 Å². The minimum absolute atomic E-state index is 0.216. The maximum atomic E-state index is 12.1. The van der Waals surface area contributed by atoms with Gasteiger partial charge in [-0.15, -0.1) is 0 Å². The predicted molar refractivity (Wildman–Crippen MR) is 98.7 cm³/mol. The molecule has 0 atom stereocenters. The third-order valence-electron chi connectivity index (χ3n) is 3.51. The molecule has 136 valence electrons. The van der Waals surface area contributed by atoms with Gasteiger partial charge in [-0.1, -0.05) is 29.3 Å². The van der Waals surface area contributed by atoms with Crippen molar-refractivity contribution < 1.29 is 13.9 Å². The predicted octanol–water partition coefficient (Wildman–Crippen LogP) is 4.18. The van der Waals surface area contributed by atoms with Crippen LogP contribution in [0.2, 0.25) is 10.0 Å². The average Bonchev–Trinajstić information content (AvgIpc) is 3.26. The Bertz CT molecular complexity index is 876. The zero-order valence-corrected chi connectivity index (χ0v) is 15.3. The van der Waals surface area contributed by atoms with E-state index in [1.807, 2.05) is 0 Å². The lowest BCUT2D eigenvalue weighted by Gasteiger charge is -2.05. The van der Waals surface area contributed by atoms with Gasteiger partial charge in [0.05, 0.1) is 11.2 Å². The second-order valence-corrected chi connectivity index (χ2v) is 6.42. The van der Waals surface area contributed by atoms with Crippen molar-refractivity contribution in [3.63, 3.8) is 0 Å². The molecule has 6 nitrogen and oxygen atoms in total. The lowest BCUT2D eigenvalue weighted by molar-refractivity contribution is 0.0921. The highest BCUT2D eigenvalue weighted by molar-refractivity contribution is 6.30. The Kier molecular flexibility index (Phi) is 6.20. The average molecular weight is 394 g/mol. The van der Waals surface area contributed by atoms with Crippen LogP contribution in [0.3, 0.4) is 0 Å². The highest BCUT2D eigenvalue weighted by Gasteiger charge is 2.11. The lowest BCUT2D eigenvalue weighted by Crippen LogP contribution is -2.24. The number of aromatic nitrogens is 2. The number of aryl methyl sites for hydroxylation is 1. The van der Waals surface area contributed by atoms with Crippen molar-refractivity contribution in [1.29, 1.82) is 0 Å². The molecule has 2 heterocycles. The number of halogens is 2. The van der Waals surface area contributed by atoms with E-state index < -0.39 is 0 Å². The minimum Gasteiger partial charge on any atom is -0.486 e. The summed E-state index contributed by atoms with van der Waals surface area (Å²) in [4.78, 5) is 12.1. The van der Waals surface area contributed by atoms with Crippen molar-refractivity contribution in [2.45, 2.75) is 19.6 Å². The summed E-state index contributed by atoms with van der Waals surface area (Å²) >= 11 is 11.7. The smallest absolute Gasteiger partial charge is 0.286 e. The van der Waals surface area contributed by atoms with Gasteiger partial charge in [0, 0.05) is 24.3 Å². The third kappa shape index (κ3) is 5.28. The Morgan fingerprint density at radius 2 is 2.12 bits per heavy atom. The van der Waals surface area contributed by atoms with E-state index in [0.29, 0.717) is 34.6 Å². The number of carbonyl (C=O) groups excluding carboxylic acids is 1. The molecular formula is C18H17Cl2N3O3.